The van der Waals surface area contributed by atoms with Gasteiger partial charge in [0.15, 0.2) is 0 Å². The summed E-state index contributed by atoms with van der Waals surface area (Å²) in [5, 5.41) is 0. The summed E-state index contributed by atoms with van der Waals surface area (Å²) in [4.78, 5) is 2.58. The number of nitrogens with two attached hydrogens (primary N) is 1. The Balaban J connectivity index is 1.91. The first-order valence-corrected chi connectivity index (χ1v) is 7.82. The third-order valence-electron chi connectivity index (χ3n) is 4.50. The van der Waals surface area contributed by atoms with E-state index in [1.54, 1.807) is 0 Å². The topological polar surface area (TPSA) is 29.3 Å². The molecule has 2 N–H and O–H groups in total. The van der Waals surface area contributed by atoms with Crippen LogP contribution in [-0.2, 0) is 13.0 Å². The summed E-state index contributed by atoms with van der Waals surface area (Å²) in [5.74, 6) is 0.582. The van der Waals surface area contributed by atoms with Gasteiger partial charge in [0.05, 0.1) is 0 Å². The van der Waals surface area contributed by atoms with Crippen molar-refractivity contribution in [3.8, 4) is 0 Å². The van der Waals surface area contributed by atoms with Gasteiger partial charge >= 0.3 is 0 Å². The maximum absolute atomic E-state index is 6.19. The molecule has 1 atom stereocenters. The zero-order valence-corrected chi connectivity index (χ0v) is 12.9. The maximum Gasteiger partial charge on any atom is 0.0374 e. The molecule has 0 fully saturated rings. The van der Waals surface area contributed by atoms with E-state index in [4.69, 9.17) is 5.73 Å². The minimum absolute atomic E-state index is 0.457. The van der Waals surface area contributed by atoms with E-state index in [0.717, 1.165) is 25.2 Å². The zero-order valence-electron chi connectivity index (χ0n) is 12.9. The van der Waals surface area contributed by atoms with Crippen LogP contribution in [0.25, 0.3) is 0 Å². The van der Waals surface area contributed by atoms with Crippen LogP contribution in [0.15, 0.2) is 48.5 Å². The van der Waals surface area contributed by atoms with Gasteiger partial charge in [-0.3, -0.25) is 4.90 Å². The average molecular weight is 280 g/mol. The standard InChI is InChI=1S/C19H24N2/c1-14(2)19(16-7-4-3-5-8-16)21-12-11-15-9-6-10-18(20)17(15)13-21/h3-10,14,19H,11-13,20H2,1-2H3. The van der Waals surface area contributed by atoms with Crippen LogP contribution < -0.4 is 5.73 Å². The summed E-state index contributed by atoms with van der Waals surface area (Å²) in [6.45, 7) is 6.68. The predicted octanol–water partition coefficient (Wildman–Crippen LogP) is 4.02. The van der Waals surface area contributed by atoms with E-state index in [1.165, 1.54) is 16.7 Å². The van der Waals surface area contributed by atoms with Gasteiger partial charge in [0.25, 0.3) is 0 Å². The predicted molar refractivity (Wildman–Crippen MR) is 89.0 cm³/mol. The van der Waals surface area contributed by atoms with Gasteiger partial charge in [-0.25, -0.2) is 0 Å². The Hall–Kier alpha value is -1.80. The second kappa shape index (κ2) is 5.90. The van der Waals surface area contributed by atoms with Gasteiger partial charge < -0.3 is 5.73 Å². The Morgan fingerprint density at radius 3 is 2.48 bits per heavy atom. The number of nitrogen functional groups attached to an aromatic ring is 1. The lowest BCUT2D eigenvalue weighted by molar-refractivity contribution is 0.140. The molecule has 3 rings (SSSR count). The first-order valence-electron chi connectivity index (χ1n) is 7.82. The number of nitrogens with zero attached hydrogens (tertiary/aromatic N) is 1. The van der Waals surface area contributed by atoms with E-state index in [2.05, 4.69) is 61.2 Å². The molecule has 0 radical (unpaired) electrons. The highest BCUT2D eigenvalue weighted by Gasteiger charge is 2.27. The Morgan fingerprint density at radius 1 is 1.00 bits per heavy atom. The Kier molecular flexibility index (Phi) is 3.98. The van der Waals surface area contributed by atoms with E-state index in [1.807, 2.05) is 6.07 Å². The second-order valence-corrected chi connectivity index (χ2v) is 6.30. The molecule has 0 bridgehead atoms. The summed E-state index contributed by atoms with van der Waals surface area (Å²) in [7, 11) is 0. The fourth-order valence-electron chi connectivity index (χ4n) is 3.53. The van der Waals surface area contributed by atoms with E-state index in [-0.39, 0.29) is 0 Å². The van der Waals surface area contributed by atoms with Crippen LogP contribution in [0.5, 0.6) is 0 Å². The Labute approximate surface area is 127 Å². The molecule has 2 nitrogen and oxygen atoms in total. The molecule has 1 aliphatic rings. The van der Waals surface area contributed by atoms with Crippen molar-refractivity contribution in [2.75, 3.05) is 12.3 Å². The van der Waals surface area contributed by atoms with E-state index < -0.39 is 0 Å². The molecule has 0 saturated carbocycles. The molecule has 1 heterocycles. The normalized spacial score (nSPS) is 16.7. The van der Waals surface area contributed by atoms with Crippen molar-refractivity contribution in [3.63, 3.8) is 0 Å². The van der Waals surface area contributed by atoms with Crippen LogP contribution in [0.1, 0.15) is 36.6 Å². The number of benzene rings is 2. The highest BCUT2D eigenvalue weighted by molar-refractivity contribution is 5.51. The minimum atomic E-state index is 0.457. The third-order valence-corrected chi connectivity index (χ3v) is 4.50. The average Bonchev–Trinajstić information content (AvgIpc) is 2.49. The summed E-state index contributed by atoms with van der Waals surface area (Å²) >= 11 is 0. The monoisotopic (exact) mass is 280 g/mol. The largest absolute Gasteiger partial charge is 0.398 e. The lowest BCUT2D eigenvalue weighted by atomic mass is 9.90. The molecule has 0 aliphatic carbocycles. The minimum Gasteiger partial charge on any atom is -0.398 e. The quantitative estimate of drug-likeness (QED) is 0.860. The molecule has 2 heteroatoms. The third kappa shape index (κ3) is 2.81. The summed E-state index contributed by atoms with van der Waals surface area (Å²) in [5.41, 5.74) is 11.3. The van der Waals surface area contributed by atoms with Gasteiger partial charge in [-0.05, 0) is 35.1 Å². The fraction of sp³-hybridized carbons (Fsp3) is 0.368. The van der Waals surface area contributed by atoms with Gasteiger partial charge in [-0.2, -0.15) is 0 Å². The summed E-state index contributed by atoms with van der Waals surface area (Å²) < 4.78 is 0. The van der Waals surface area contributed by atoms with Crippen LogP contribution in [0.3, 0.4) is 0 Å². The summed E-state index contributed by atoms with van der Waals surface area (Å²) in [6, 6.07) is 17.6. The highest BCUT2D eigenvalue weighted by atomic mass is 15.2. The molecule has 2 aromatic carbocycles. The van der Waals surface area contributed by atoms with Crippen molar-refractivity contribution in [2.45, 2.75) is 32.9 Å². The van der Waals surface area contributed by atoms with E-state index >= 15 is 0 Å². The molecule has 2 aromatic rings. The molecule has 1 unspecified atom stereocenters. The zero-order chi connectivity index (χ0) is 14.8. The lowest BCUT2D eigenvalue weighted by Crippen LogP contribution is -2.36. The number of fused-ring (bicyclic) bond motifs is 1. The van der Waals surface area contributed by atoms with Gasteiger partial charge in [0, 0.05) is 24.8 Å². The maximum atomic E-state index is 6.19. The fourth-order valence-corrected chi connectivity index (χ4v) is 3.53. The van der Waals surface area contributed by atoms with Crippen molar-refractivity contribution in [1.82, 2.24) is 4.90 Å². The van der Waals surface area contributed by atoms with E-state index in [9.17, 15) is 0 Å². The van der Waals surface area contributed by atoms with Crippen molar-refractivity contribution in [2.24, 2.45) is 5.92 Å². The Morgan fingerprint density at radius 2 is 1.76 bits per heavy atom. The smallest absolute Gasteiger partial charge is 0.0374 e. The molecular weight excluding hydrogens is 256 g/mol. The first kappa shape index (κ1) is 14.2. The number of hydrogen-bond donors (Lipinski definition) is 1. The van der Waals surface area contributed by atoms with Crippen molar-refractivity contribution in [3.05, 3.63) is 65.2 Å². The van der Waals surface area contributed by atoms with Crippen LogP contribution in [0.2, 0.25) is 0 Å². The number of hydrogen-bond acceptors (Lipinski definition) is 2. The second-order valence-electron chi connectivity index (χ2n) is 6.30. The molecule has 0 aromatic heterocycles. The van der Waals surface area contributed by atoms with Gasteiger partial charge in [0.1, 0.15) is 0 Å². The molecule has 110 valence electrons. The van der Waals surface area contributed by atoms with Crippen LogP contribution in [-0.4, -0.2) is 11.4 Å². The summed E-state index contributed by atoms with van der Waals surface area (Å²) in [6.07, 6.45) is 1.09. The first-order chi connectivity index (χ1) is 10.2. The SMILES string of the molecule is CC(C)C(c1ccccc1)N1CCc2cccc(N)c2C1. The van der Waals surface area contributed by atoms with Gasteiger partial charge in [0.2, 0.25) is 0 Å². The molecule has 0 saturated heterocycles. The number of rotatable bonds is 3. The highest BCUT2D eigenvalue weighted by Crippen LogP contribution is 2.34. The molecule has 21 heavy (non-hydrogen) atoms. The molecule has 0 amide bonds. The number of anilines is 1. The molecule has 0 spiro atoms. The van der Waals surface area contributed by atoms with Crippen LogP contribution in [0, 0.1) is 5.92 Å². The lowest BCUT2D eigenvalue weighted by Gasteiger charge is -2.38. The van der Waals surface area contributed by atoms with Gasteiger partial charge in [-0.15, -0.1) is 0 Å². The molecular formula is C19H24N2. The molecule has 1 aliphatic heterocycles. The van der Waals surface area contributed by atoms with Crippen molar-refractivity contribution < 1.29 is 0 Å². The van der Waals surface area contributed by atoms with Crippen LogP contribution >= 0.6 is 0 Å². The Bertz CT molecular complexity index is 604. The van der Waals surface area contributed by atoms with Crippen LogP contribution in [0.4, 0.5) is 5.69 Å². The van der Waals surface area contributed by atoms with Crippen molar-refractivity contribution >= 4 is 5.69 Å². The van der Waals surface area contributed by atoms with Gasteiger partial charge in [-0.1, -0.05) is 56.3 Å². The van der Waals surface area contributed by atoms with Crippen molar-refractivity contribution in [1.29, 1.82) is 0 Å². The van der Waals surface area contributed by atoms with E-state index in [0.29, 0.717) is 12.0 Å².